The molecule has 258 valence electrons. The highest BCUT2D eigenvalue weighted by Gasteiger charge is 2.22. The maximum Gasteiger partial charge on any atom is 0.139 e. The van der Waals surface area contributed by atoms with E-state index < -0.39 is 0 Å². The van der Waals surface area contributed by atoms with Crippen molar-refractivity contribution in [2.75, 3.05) is 0 Å². The van der Waals surface area contributed by atoms with Crippen molar-refractivity contribution < 1.29 is 0 Å². The minimum Gasteiger partial charge on any atom is -0.135 e. The number of fused-ring (bicyclic) bond motifs is 5. The predicted molar refractivity (Wildman–Crippen MR) is 262 cm³/mol. The molecular formula is C50H37B5S. The molecule has 0 unspecified atom stereocenters. The molecule has 0 amide bonds. The Morgan fingerprint density at radius 3 is 1.29 bits per heavy atom. The second-order valence-electron chi connectivity index (χ2n) is 15.3. The van der Waals surface area contributed by atoms with Crippen molar-refractivity contribution >= 4 is 120 Å². The maximum atomic E-state index is 2.35. The fourth-order valence-electron chi connectivity index (χ4n) is 9.22. The second-order valence-corrected chi connectivity index (χ2v) is 16.4. The van der Waals surface area contributed by atoms with E-state index in [2.05, 4.69) is 203 Å². The van der Waals surface area contributed by atoms with Crippen LogP contribution in [0.4, 0.5) is 0 Å². The van der Waals surface area contributed by atoms with Gasteiger partial charge >= 0.3 is 0 Å². The van der Waals surface area contributed by atoms with E-state index in [-0.39, 0.29) is 0 Å². The molecular weight excluding hydrogens is 687 g/mol. The van der Waals surface area contributed by atoms with E-state index in [9.17, 15) is 0 Å². The number of hydrogen-bond donors (Lipinski definition) is 0. The van der Waals surface area contributed by atoms with Crippen LogP contribution in [0.15, 0.2) is 164 Å². The van der Waals surface area contributed by atoms with Gasteiger partial charge in [-0.2, -0.15) is 0 Å². The molecule has 0 aliphatic rings. The van der Waals surface area contributed by atoms with E-state index in [1.165, 1.54) is 125 Å². The molecule has 0 saturated heterocycles. The summed E-state index contributed by atoms with van der Waals surface area (Å²) in [5.41, 5.74) is 19.6. The van der Waals surface area contributed by atoms with Crippen molar-refractivity contribution in [1.82, 2.24) is 0 Å². The van der Waals surface area contributed by atoms with Crippen LogP contribution in [0.25, 0.3) is 97.4 Å². The van der Waals surface area contributed by atoms with Gasteiger partial charge in [-0.25, -0.2) is 0 Å². The van der Waals surface area contributed by atoms with Crippen LogP contribution in [0.5, 0.6) is 0 Å². The van der Waals surface area contributed by atoms with E-state index in [4.69, 9.17) is 0 Å². The van der Waals surface area contributed by atoms with Gasteiger partial charge in [0.05, 0.1) is 0 Å². The molecule has 1 heterocycles. The molecule has 0 atom stereocenters. The van der Waals surface area contributed by atoms with E-state index in [1.807, 2.05) is 11.3 Å². The van der Waals surface area contributed by atoms with Gasteiger partial charge in [0.1, 0.15) is 39.2 Å². The van der Waals surface area contributed by atoms with Crippen LogP contribution in [0.1, 0.15) is 0 Å². The minimum atomic E-state index is 1.22. The lowest BCUT2D eigenvalue weighted by Gasteiger charge is -2.24. The summed E-state index contributed by atoms with van der Waals surface area (Å²) in [6.07, 6.45) is 0. The SMILES string of the molecule is Bc1c(B)c(B)c(-c2c3ccccc3c(-c3ccc(-c4ccc5sc6ccccc6c5c4-c4ccc(-c5ccccc5)cc4)cc3)c3ccccc23)c(B)c1B. The molecule has 0 saturated carbocycles. The van der Waals surface area contributed by atoms with Gasteiger partial charge in [-0.1, -0.05) is 163 Å². The molecule has 9 aromatic carbocycles. The highest BCUT2D eigenvalue weighted by molar-refractivity contribution is 7.26. The van der Waals surface area contributed by atoms with Crippen LogP contribution in [-0.4, -0.2) is 39.2 Å². The summed E-state index contributed by atoms with van der Waals surface area (Å²) in [5, 5.41) is 7.82. The Morgan fingerprint density at radius 2 is 0.696 bits per heavy atom. The Balaban J connectivity index is 1.17. The molecule has 0 spiro atoms. The fraction of sp³-hybridized carbons (Fsp3) is 0. The molecule has 0 nitrogen and oxygen atoms in total. The molecule has 0 fully saturated rings. The van der Waals surface area contributed by atoms with Crippen molar-refractivity contribution in [2.45, 2.75) is 0 Å². The zero-order valence-corrected chi connectivity index (χ0v) is 33.3. The molecule has 10 aromatic rings. The zero-order valence-electron chi connectivity index (χ0n) is 32.5. The van der Waals surface area contributed by atoms with Crippen LogP contribution < -0.4 is 27.3 Å². The maximum absolute atomic E-state index is 2.35. The summed E-state index contributed by atoms with van der Waals surface area (Å²) in [4.78, 5) is 0. The molecule has 0 bridgehead atoms. The van der Waals surface area contributed by atoms with Crippen molar-refractivity contribution in [3.8, 4) is 55.6 Å². The van der Waals surface area contributed by atoms with Crippen molar-refractivity contribution in [3.63, 3.8) is 0 Å². The highest BCUT2D eigenvalue weighted by Crippen LogP contribution is 2.47. The van der Waals surface area contributed by atoms with Crippen molar-refractivity contribution in [3.05, 3.63) is 164 Å². The first-order chi connectivity index (χ1) is 27.4. The van der Waals surface area contributed by atoms with Crippen molar-refractivity contribution in [1.29, 1.82) is 0 Å². The second kappa shape index (κ2) is 13.7. The van der Waals surface area contributed by atoms with Crippen molar-refractivity contribution in [2.24, 2.45) is 0 Å². The van der Waals surface area contributed by atoms with Gasteiger partial charge in [-0.15, -0.1) is 27.7 Å². The molecule has 0 radical (unpaired) electrons. The number of benzene rings is 9. The van der Waals surface area contributed by atoms with Crippen LogP contribution >= 0.6 is 11.3 Å². The first kappa shape index (κ1) is 34.5. The molecule has 0 aliphatic carbocycles. The molecule has 56 heavy (non-hydrogen) atoms. The van der Waals surface area contributed by atoms with Crippen LogP contribution in [0.3, 0.4) is 0 Å². The monoisotopic (exact) mass is 724 g/mol. The molecule has 0 N–H and O–H groups in total. The summed E-state index contributed by atoms with van der Waals surface area (Å²) in [6.45, 7) is 0. The molecule has 10 rings (SSSR count). The van der Waals surface area contributed by atoms with Gasteiger partial charge in [0.2, 0.25) is 0 Å². The molecule has 1 aromatic heterocycles. The van der Waals surface area contributed by atoms with Gasteiger partial charge < -0.3 is 0 Å². The first-order valence-electron chi connectivity index (χ1n) is 19.6. The average Bonchev–Trinajstić information content (AvgIpc) is 3.64. The third-order valence-electron chi connectivity index (χ3n) is 12.5. The Labute approximate surface area is 337 Å². The van der Waals surface area contributed by atoms with Gasteiger partial charge in [-0.3, -0.25) is 0 Å². The fourth-order valence-corrected chi connectivity index (χ4v) is 10.3. The normalized spacial score (nSPS) is 11.6. The van der Waals surface area contributed by atoms with E-state index >= 15 is 0 Å². The summed E-state index contributed by atoms with van der Waals surface area (Å²) >= 11 is 1.88. The highest BCUT2D eigenvalue weighted by atomic mass is 32.1. The standard InChI is InChI=1S/C50H37B5S/c51-46-45(47(52)49(54)50(55)48(46)53)43-36-14-6-4-12-34(36)41(35-13-5-7-15-37(35)43)31-24-20-30(21-25-31)33-26-27-40-44(38-16-8-9-17-39(38)56-40)42(33)32-22-18-29(19-23-32)28-10-2-1-3-11-28/h1-27H,51-55H2. The minimum absolute atomic E-state index is 1.22. The Morgan fingerprint density at radius 1 is 0.268 bits per heavy atom. The Bertz CT molecular complexity index is 3080. The molecule has 6 heteroatoms. The smallest absolute Gasteiger partial charge is 0.135 e. The summed E-state index contributed by atoms with van der Waals surface area (Å²) < 4.78 is 2.64. The lowest BCUT2D eigenvalue weighted by molar-refractivity contribution is 1.59. The van der Waals surface area contributed by atoms with Crippen LogP contribution in [0.2, 0.25) is 0 Å². The van der Waals surface area contributed by atoms with Gasteiger partial charge in [-0.05, 0) is 89.3 Å². The summed E-state index contributed by atoms with van der Waals surface area (Å²) in [6, 6.07) is 60.8. The summed E-state index contributed by atoms with van der Waals surface area (Å²) in [7, 11) is 11.4. The Hall–Kier alpha value is -5.96. The largest absolute Gasteiger partial charge is 0.139 e. The average molecular weight is 724 g/mol. The third kappa shape index (κ3) is 5.42. The van der Waals surface area contributed by atoms with E-state index in [1.54, 1.807) is 0 Å². The number of thiophene rings is 1. The van der Waals surface area contributed by atoms with Gasteiger partial charge in [0.15, 0.2) is 0 Å². The van der Waals surface area contributed by atoms with Gasteiger partial charge in [0, 0.05) is 20.2 Å². The third-order valence-corrected chi connectivity index (χ3v) is 13.6. The molecule has 0 aliphatic heterocycles. The van der Waals surface area contributed by atoms with E-state index in [0.717, 1.165) is 0 Å². The number of hydrogen-bond acceptors (Lipinski definition) is 1. The van der Waals surface area contributed by atoms with Gasteiger partial charge in [0.25, 0.3) is 0 Å². The topological polar surface area (TPSA) is 0 Å². The summed E-state index contributed by atoms with van der Waals surface area (Å²) in [5.74, 6) is 0. The van der Waals surface area contributed by atoms with E-state index in [0.29, 0.717) is 0 Å². The number of rotatable bonds is 5. The first-order valence-corrected chi connectivity index (χ1v) is 20.4. The van der Waals surface area contributed by atoms with Crippen LogP contribution in [-0.2, 0) is 0 Å². The lowest BCUT2D eigenvalue weighted by Crippen LogP contribution is -2.55. The lowest BCUT2D eigenvalue weighted by atomic mass is 9.59. The predicted octanol–water partition coefficient (Wildman–Crippen LogP) is 5.99. The quantitative estimate of drug-likeness (QED) is 0.151. The van der Waals surface area contributed by atoms with Crippen LogP contribution in [0, 0.1) is 0 Å². The zero-order chi connectivity index (χ0) is 38.1. The Kier molecular flexibility index (Phi) is 8.42.